The predicted molar refractivity (Wildman–Crippen MR) is 146 cm³/mol. The minimum absolute atomic E-state index is 0.0105. The number of nitrogens with zero attached hydrogens (tertiary/aromatic N) is 5. The normalized spacial score (nSPS) is 25.1. The SMILES string of the molecule is N#Cc1ccccc1CN1CCCCCCNC(=O)[C@@H]2C[C@@H](C(=O)N3CCN(c4ccccn4)CC3)C[C@@H]21. The Morgan fingerprint density at radius 1 is 0.974 bits per heavy atom. The largest absolute Gasteiger partial charge is 0.356 e. The molecule has 0 spiro atoms. The average molecular weight is 515 g/mol. The summed E-state index contributed by atoms with van der Waals surface area (Å²) in [5.74, 6) is 0.827. The summed E-state index contributed by atoms with van der Waals surface area (Å²) >= 11 is 0. The summed E-state index contributed by atoms with van der Waals surface area (Å²) < 4.78 is 0. The molecular formula is C30H38N6O2. The fraction of sp³-hybridized carbons (Fsp3) is 0.533. The van der Waals surface area contributed by atoms with Gasteiger partial charge in [-0.2, -0.15) is 5.26 Å². The first-order chi connectivity index (χ1) is 18.6. The molecule has 3 fully saturated rings. The van der Waals surface area contributed by atoms with Crippen LogP contribution in [0.5, 0.6) is 0 Å². The molecule has 2 aliphatic heterocycles. The number of nitrogens with one attached hydrogen (secondary N) is 1. The number of amides is 2. The summed E-state index contributed by atoms with van der Waals surface area (Å²) in [6.45, 7) is 5.08. The smallest absolute Gasteiger partial charge is 0.225 e. The van der Waals surface area contributed by atoms with Crippen LogP contribution in [0, 0.1) is 23.2 Å². The topological polar surface area (TPSA) is 92.6 Å². The lowest BCUT2D eigenvalue weighted by molar-refractivity contribution is -0.135. The van der Waals surface area contributed by atoms with E-state index in [-0.39, 0.29) is 29.7 Å². The second kappa shape index (κ2) is 12.4. The van der Waals surface area contributed by atoms with Crippen LogP contribution < -0.4 is 10.2 Å². The number of aromatic nitrogens is 1. The van der Waals surface area contributed by atoms with Gasteiger partial charge in [0.15, 0.2) is 0 Å². The zero-order valence-corrected chi connectivity index (χ0v) is 22.1. The number of nitriles is 1. The van der Waals surface area contributed by atoms with Crippen molar-refractivity contribution in [1.82, 2.24) is 20.1 Å². The van der Waals surface area contributed by atoms with E-state index >= 15 is 0 Å². The number of fused-ring (bicyclic) bond motifs is 1. The van der Waals surface area contributed by atoms with E-state index in [2.05, 4.69) is 26.2 Å². The van der Waals surface area contributed by atoms with E-state index in [9.17, 15) is 14.9 Å². The fourth-order valence-corrected chi connectivity index (χ4v) is 6.34. The van der Waals surface area contributed by atoms with Crippen molar-refractivity contribution in [1.29, 1.82) is 5.26 Å². The van der Waals surface area contributed by atoms with Crippen LogP contribution in [0.3, 0.4) is 0 Å². The molecule has 8 heteroatoms. The van der Waals surface area contributed by atoms with Gasteiger partial charge in [0, 0.05) is 57.4 Å². The Morgan fingerprint density at radius 2 is 1.76 bits per heavy atom. The molecule has 3 atom stereocenters. The highest BCUT2D eigenvalue weighted by atomic mass is 16.2. The first-order valence-corrected chi connectivity index (χ1v) is 14.1. The van der Waals surface area contributed by atoms with Crippen LogP contribution >= 0.6 is 0 Å². The highest BCUT2D eigenvalue weighted by Gasteiger charge is 2.45. The Labute approximate surface area is 225 Å². The van der Waals surface area contributed by atoms with Crippen LogP contribution in [-0.2, 0) is 16.1 Å². The number of carbonyl (C=O) groups is 2. The van der Waals surface area contributed by atoms with Crippen molar-refractivity contribution in [3.8, 4) is 6.07 Å². The third kappa shape index (κ3) is 5.99. The van der Waals surface area contributed by atoms with E-state index in [1.807, 2.05) is 47.4 Å². The van der Waals surface area contributed by atoms with Gasteiger partial charge in [0.2, 0.25) is 11.8 Å². The van der Waals surface area contributed by atoms with Crippen molar-refractivity contribution in [3.63, 3.8) is 0 Å². The molecule has 3 aliphatic rings. The highest BCUT2D eigenvalue weighted by molar-refractivity contribution is 5.84. The van der Waals surface area contributed by atoms with E-state index in [1.54, 1.807) is 6.20 Å². The van der Waals surface area contributed by atoms with Gasteiger partial charge in [-0.1, -0.05) is 37.1 Å². The third-order valence-electron chi connectivity index (χ3n) is 8.43. The second-order valence-corrected chi connectivity index (χ2v) is 10.8. The number of carbonyl (C=O) groups excluding carboxylic acids is 2. The standard InChI is InChI=1S/C30H38N6O2/c31-21-23-9-3-4-10-24(23)22-36-14-8-2-1-6-13-33-29(37)26-19-25(20-27(26)36)30(38)35-17-15-34(16-18-35)28-11-5-7-12-32-28/h3-5,7,9-12,25-27H,1-2,6,8,13-20,22H2,(H,33,37)/t25-,26-,27+/m1/s1. The lowest BCUT2D eigenvalue weighted by atomic mass is 9.99. The van der Waals surface area contributed by atoms with Crippen molar-refractivity contribution < 1.29 is 9.59 Å². The van der Waals surface area contributed by atoms with E-state index in [0.29, 0.717) is 44.6 Å². The molecule has 200 valence electrons. The van der Waals surface area contributed by atoms with E-state index < -0.39 is 0 Å². The van der Waals surface area contributed by atoms with Crippen LogP contribution in [0.25, 0.3) is 0 Å². The molecular weight excluding hydrogens is 476 g/mol. The molecule has 2 saturated heterocycles. The zero-order chi connectivity index (χ0) is 26.3. The van der Waals surface area contributed by atoms with Crippen LogP contribution in [0.4, 0.5) is 5.82 Å². The number of hydrogen-bond acceptors (Lipinski definition) is 6. The van der Waals surface area contributed by atoms with E-state index in [4.69, 9.17) is 0 Å². The first kappa shape index (κ1) is 26.2. The molecule has 1 N–H and O–H groups in total. The summed E-state index contributed by atoms with van der Waals surface area (Å²) in [6.07, 6.45) is 7.34. The minimum Gasteiger partial charge on any atom is -0.356 e. The summed E-state index contributed by atoms with van der Waals surface area (Å²) in [5.41, 5.74) is 1.67. The quantitative estimate of drug-likeness (QED) is 0.674. The van der Waals surface area contributed by atoms with Crippen molar-refractivity contribution in [2.24, 2.45) is 11.8 Å². The monoisotopic (exact) mass is 514 g/mol. The molecule has 0 radical (unpaired) electrons. The number of rotatable bonds is 4. The maximum atomic E-state index is 13.7. The maximum absolute atomic E-state index is 13.7. The lowest BCUT2D eigenvalue weighted by Crippen LogP contribution is -2.50. The number of piperazine rings is 1. The van der Waals surface area contributed by atoms with Crippen LogP contribution in [0.2, 0.25) is 0 Å². The lowest BCUT2D eigenvalue weighted by Gasteiger charge is -2.36. The van der Waals surface area contributed by atoms with Crippen molar-refractivity contribution >= 4 is 17.6 Å². The number of benzene rings is 1. The molecule has 1 aromatic heterocycles. The average Bonchev–Trinajstić information content (AvgIpc) is 3.41. The molecule has 1 aliphatic carbocycles. The van der Waals surface area contributed by atoms with Gasteiger partial charge < -0.3 is 15.1 Å². The molecule has 2 amide bonds. The zero-order valence-electron chi connectivity index (χ0n) is 22.1. The fourth-order valence-electron chi connectivity index (χ4n) is 6.34. The van der Waals surface area contributed by atoms with Crippen LogP contribution in [0.1, 0.15) is 49.7 Å². The van der Waals surface area contributed by atoms with Crippen molar-refractivity contribution in [2.75, 3.05) is 44.2 Å². The molecule has 0 bridgehead atoms. The number of pyridine rings is 1. The molecule has 5 rings (SSSR count). The Bertz CT molecular complexity index is 1140. The molecule has 8 nitrogen and oxygen atoms in total. The van der Waals surface area contributed by atoms with E-state index in [0.717, 1.165) is 56.7 Å². The molecule has 2 aromatic rings. The van der Waals surface area contributed by atoms with Gasteiger partial charge in [-0.05, 0) is 56.0 Å². The molecule has 3 heterocycles. The summed E-state index contributed by atoms with van der Waals surface area (Å²) in [5, 5.41) is 12.8. The van der Waals surface area contributed by atoms with Gasteiger partial charge in [0.05, 0.1) is 17.6 Å². The second-order valence-electron chi connectivity index (χ2n) is 10.8. The van der Waals surface area contributed by atoms with Gasteiger partial charge in [0.1, 0.15) is 5.82 Å². The Balaban J connectivity index is 1.31. The number of anilines is 1. The first-order valence-electron chi connectivity index (χ1n) is 14.1. The van der Waals surface area contributed by atoms with Gasteiger partial charge in [-0.3, -0.25) is 14.5 Å². The van der Waals surface area contributed by atoms with Crippen molar-refractivity contribution in [2.45, 2.75) is 51.1 Å². The summed E-state index contributed by atoms with van der Waals surface area (Å²) in [4.78, 5) is 38.1. The molecule has 0 unspecified atom stereocenters. The molecule has 38 heavy (non-hydrogen) atoms. The predicted octanol–water partition coefficient (Wildman–Crippen LogP) is 3.19. The van der Waals surface area contributed by atoms with Gasteiger partial charge in [-0.25, -0.2) is 4.98 Å². The third-order valence-corrected chi connectivity index (χ3v) is 8.43. The van der Waals surface area contributed by atoms with Gasteiger partial charge in [0.25, 0.3) is 0 Å². The highest BCUT2D eigenvalue weighted by Crippen LogP contribution is 2.38. The van der Waals surface area contributed by atoms with Crippen LogP contribution in [-0.4, -0.2) is 71.9 Å². The Hall–Kier alpha value is -3.44. The maximum Gasteiger partial charge on any atom is 0.225 e. The minimum atomic E-state index is -0.217. The Morgan fingerprint density at radius 3 is 2.55 bits per heavy atom. The van der Waals surface area contributed by atoms with E-state index in [1.165, 1.54) is 0 Å². The molecule has 1 saturated carbocycles. The Kier molecular flexibility index (Phi) is 8.54. The number of hydrogen-bond donors (Lipinski definition) is 1. The van der Waals surface area contributed by atoms with Gasteiger partial charge >= 0.3 is 0 Å². The van der Waals surface area contributed by atoms with Gasteiger partial charge in [-0.15, -0.1) is 0 Å². The summed E-state index contributed by atoms with van der Waals surface area (Å²) in [7, 11) is 0. The van der Waals surface area contributed by atoms with Crippen molar-refractivity contribution in [3.05, 3.63) is 59.8 Å². The molecule has 1 aromatic carbocycles. The summed E-state index contributed by atoms with van der Waals surface area (Å²) in [6, 6.07) is 16.0. The van der Waals surface area contributed by atoms with Crippen LogP contribution in [0.15, 0.2) is 48.7 Å².